The van der Waals surface area contributed by atoms with Gasteiger partial charge < -0.3 is 5.11 Å². The number of aliphatic carboxylic acids is 1. The summed E-state index contributed by atoms with van der Waals surface area (Å²) in [5.41, 5.74) is 1.47. The Bertz CT molecular complexity index is 465. The molecule has 3 nitrogen and oxygen atoms in total. The van der Waals surface area contributed by atoms with E-state index in [4.69, 9.17) is 5.11 Å². The molecule has 0 amide bonds. The molecular weight excluding hydrogens is 262 g/mol. The van der Waals surface area contributed by atoms with Gasteiger partial charge in [0.15, 0.2) is 0 Å². The number of hydrogen-bond donors (Lipinski definition) is 1. The Morgan fingerprint density at radius 3 is 2.48 bits per heavy atom. The van der Waals surface area contributed by atoms with Crippen molar-refractivity contribution in [1.29, 1.82) is 0 Å². The lowest BCUT2D eigenvalue weighted by molar-refractivity contribution is -0.138. The van der Waals surface area contributed by atoms with Crippen molar-refractivity contribution < 1.29 is 9.90 Å². The second-order valence-corrected chi connectivity index (χ2v) is 6.55. The largest absolute Gasteiger partial charge is 0.481 e. The number of carboxylic acids is 1. The molecule has 1 heterocycles. The second kappa shape index (κ2) is 6.61. The van der Waals surface area contributed by atoms with E-state index >= 15 is 0 Å². The Morgan fingerprint density at radius 2 is 1.81 bits per heavy atom. The van der Waals surface area contributed by atoms with Gasteiger partial charge in [-0.1, -0.05) is 30.3 Å². The summed E-state index contributed by atoms with van der Waals surface area (Å²) in [6.07, 6.45) is 7.46. The topological polar surface area (TPSA) is 40.5 Å². The number of benzene rings is 1. The SMILES string of the molecule is O=C(O)CC1CCCN1C1CCC(c2ccccc2)CC1. The molecule has 1 atom stereocenters. The molecule has 1 N–H and O–H groups in total. The van der Waals surface area contributed by atoms with E-state index in [1.54, 1.807) is 0 Å². The number of likely N-dealkylation sites (tertiary alicyclic amines) is 1. The number of carbonyl (C=O) groups is 1. The third-order valence-electron chi connectivity index (χ3n) is 5.27. The third kappa shape index (κ3) is 3.46. The maximum absolute atomic E-state index is 11.0. The highest BCUT2D eigenvalue weighted by Gasteiger charge is 2.34. The summed E-state index contributed by atoms with van der Waals surface area (Å²) >= 11 is 0. The van der Waals surface area contributed by atoms with E-state index in [1.165, 1.54) is 31.2 Å². The van der Waals surface area contributed by atoms with Crippen LogP contribution >= 0.6 is 0 Å². The molecule has 2 fully saturated rings. The van der Waals surface area contributed by atoms with Crippen molar-refractivity contribution in [3.63, 3.8) is 0 Å². The molecule has 3 rings (SSSR count). The van der Waals surface area contributed by atoms with Gasteiger partial charge in [-0.2, -0.15) is 0 Å². The fraction of sp³-hybridized carbons (Fsp3) is 0.611. The van der Waals surface area contributed by atoms with Crippen LogP contribution in [-0.2, 0) is 4.79 Å². The number of nitrogens with zero attached hydrogens (tertiary/aromatic N) is 1. The predicted octanol–water partition coefficient (Wildman–Crippen LogP) is 3.65. The van der Waals surface area contributed by atoms with Gasteiger partial charge in [-0.25, -0.2) is 0 Å². The van der Waals surface area contributed by atoms with Crippen LogP contribution in [0.25, 0.3) is 0 Å². The van der Waals surface area contributed by atoms with Crippen LogP contribution in [0.1, 0.15) is 56.4 Å². The molecule has 0 spiro atoms. The smallest absolute Gasteiger partial charge is 0.304 e. The summed E-state index contributed by atoms with van der Waals surface area (Å²) in [6.45, 7) is 1.10. The van der Waals surface area contributed by atoms with Crippen LogP contribution in [-0.4, -0.2) is 34.6 Å². The minimum Gasteiger partial charge on any atom is -0.481 e. The van der Waals surface area contributed by atoms with Crippen molar-refractivity contribution in [2.45, 2.75) is 62.9 Å². The molecular formula is C18H25NO2. The molecule has 21 heavy (non-hydrogen) atoms. The van der Waals surface area contributed by atoms with E-state index in [0.29, 0.717) is 18.4 Å². The summed E-state index contributed by atoms with van der Waals surface area (Å²) in [4.78, 5) is 13.5. The molecule has 1 aromatic carbocycles. The van der Waals surface area contributed by atoms with Crippen molar-refractivity contribution in [2.75, 3.05) is 6.54 Å². The molecule has 1 saturated carbocycles. The van der Waals surface area contributed by atoms with Crippen LogP contribution in [0.15, 0.2) is 30.3 Å². The Labute approximate surface area is 127 Å². The summed E-state index contributed by atoms with van der Waals surface area (Å²) in [6, 6.07) is 11.7. The molecule has 1 aliphatic carbocycles. The Morgan fingerprint density at radius 1 is 1.10 bits per heavy atom. The summed E-state index contributed by atoms with van der Waals surface area (Å²) < 4.78 is 0. The van der Waals surface area contributed by atoms with Crippen LogP contribution in [0.3, 0.4) is 0 Å². The van der Waals surface area contributed by atoms with E-state index in [9.17, 15) is 4.79 Å². The first-order chi connectivity index (χ1) is 10.2. The summed E-state index contributed by atoms with van der Waals surface area (Å²) in [7, 11) is 0. The lowest BCUT2D eigenvalue weighted by Gasteiger charge is -2.37. The zero-order valence-corrected chi connectivity index (χ0v) is 12.6. The zero-order chi connectivity index (χ0) is 14.7. The van der Waals surface area contributed by atoms with Crippen molar-refractivity contribution in [3.05, 3.63) is 35.9 Å². The second-order valence-electron chi connectivity index (χ2n) is 6.55. The molecule has 2 aliphatic rings. The molecule has 1 unspecified atom stereocenters. The molecule has 1 saturated heterocycles. The van der Waals surface area contributed by atoms with Gasteiger partial charge in [0.25, 0.3) is 0 Å². The minimum atomic E-state index is -0.648. The summed E-state index contributed by atoms with van der Waals surface area (Å²) in [5.74, 6) is 0.0489. The minimum absolute atomic E-state index is 0.278. The molecule has 0 bridgehead atoms. The molecule has 1 aliphatic heterocycles. The highest BCUT2D eigenvalue weighted by atomic mass is 16.4. The van der Waals surface area contributed by atoms with Gasteiger partial charge in [-0.05, 0) is 56.6 Å². The van der Waals surface area contributed by atoms with Gasteiger partial charge in [0, 0.05) is 12.1 Å². The lowest BCUT2D eigenvalue weighted by Crippen LogP contribution is -2.41. The molecule has 0 radical (unpaired) electrons. The van der Waals surface area contributed by atoms with Gasteiger partial charge in [-0.3, -0.25) is 9.69 Å². The highest BCUT2D eigenvalue weighted by molar-refractivity contribution is 5.67. The average molecular weight is 287 g/mol. The van der Waals surface area contributed by atoms with Crippen molar-refractivity contribution >= 4 is 5.97 Å². The molecule has 114 valence electrons. The van der Waals surface area contributed by atoms with E-state index < -0.39 is 5.97 Å². The number of hydrogen-bond acceptors (Lipinski definition) is 2. The maximum Gasteiger partial charge on any atom is 0.304 e. The van der Waals surface area contributed by atoms with Gasteiger partial charge >= 0.3 is 5.97 Å². The lowest BCUT2D eigenvalue weighted by atomic mass is 9.81. The Hall–Kier alpha value is -1.35. The molecule has 1 aromatic rings. The van der Waals surface area contributed by atoms with E-state index in [2.05, 4.69) is 35.2 Å². The monoisotopic (exact) mass is 287 g/mol. The number of carboxylic acid groups (broad SMARTS) is 1. The fourth-order valence-electron chi connectivity index (χ4n) is 4.23. The number of rotatable bonds is 4. The first-order valence-electron chi connectivity index (χ1n) is 8.26. The summed E-state index contributed by atoms with van der Waals surface area (Å²) in [5, 5.41) is 9.05. The van der Waals surface area contributed by atoms with Crippen molar-refractivity contribution in [3.8, 4) is 0 Å². The Kier molecular flexibility index (Phi) is 4.59. The van der Waals surface area contributed by atoms with Crippen LogP contribution in [0, 0.1) is 0 Å². The molecule has 0 aromatic heterocycles. The van der Waals surface area contributed by atoms with Gasteiger partial charge in [0.05, 0.1) is 6.42 Å². The van der Waals surface area contributed by atoms with Gasteiger partial charge in [0.1, 0.15) is 0 Å². The normalized spacial score (nSPS) is 30.4. The predicted molar refractivity (Wildman–Crippen MR) is 83.4 cm³/mol. The van der Waals surface area contributed by atoms with Crippen LogP contribution in [0.4, 0.5) is 0 Å². The van der Waals surface area contributed by atoms with Crippen LogP contribution < -0.4 is 0 Å². The van der Waals surface area contributed by atoms with E-state index in [1.807, 2.05) is 0 Å². The van der Waals surface area contributed by atoms with E-state index in [0.717, 1.165) is 19.4 Å². The van der Waals surface area contributed by atoms with Crippen LogP contribution in [0.2, 0.25) is 0 Å². The standard InChI is InChI=1S/C18H25NO2/c20-18(21)13-17-7-4-12-19(17)16-10-8-15(9-11-16)14-5-2-1-3-6-14/h1-3,5-6,15-17H,4,7-13H2,(H,20,21). The van der Waals surface area contributed by atoms with E-state index in [-0.39, 0.29) is 6.04 Å². The quantitative estimate of drug-likeness (QED) is 0.919. The van der Waals surface area contributed by atoms with Crippen molar-refractivity contribution in [1.82, 2.24) is 4.90 Å². The van der Waals surface area contributed by atoms with Crippen LogP contribution in [0.5, 0.6) is 0 Å². The zero-order valence-electron chi connectivity index (χ0n) is 12.6. The first-order valence-corrected chi connectivity index (χ1v) is 8.26. The third-order valence-corrected chi connectivity index (χ3v) is 5.27. The van der Waals surface area contributed by atoms with Gasteiger partial charge in [0.2, 0.25) is 0 Å². The average Bonchev–Trinajstić information content (AvgIpc) is 2.96. The maximum atomic E-state index is 11.0. The Balaban J connectivity index is 1.57. The fourth-order valence-corrected chi connectivity index (χ4v) is 4.23. The highest BCUT2D eigenvalue weighted by Crippen LogP contribution is 2.37. The van der Waals surface area contributed by atoms with Gasteiger partial charge in [-0.15, -0.1) is 0 Å². The first kappa shape index (κ1) is 14.6. The van der Waals surface area contributed by atoms with Crippen molar-refractivity contribution in [2.24, 2.45) is 0 Å². The molecule has 3 heteroatoms.